The van der Waals surface area contributed by atoms with Crippen LogP contribution in [-0.4, -0.2) is 12.2 Å². The van der Waals surface area contributed by atoms with E-state index in [9.17, 15) is 5.11 Å². The molecular formula is C17H16O3. The van der Waals surface area contributed by atoms with Crippen LogP contribution in [0.25, 0.3) is 10.8 Å². The Labute approximate surface area is 117 Å². The third kappa shape index (κ3) is 1.23. The number of methoxy groups -OCH3 is 1. The predicted molar refractivity (Wildman–Crippen MR) is 77.1 cm³/mol. The summed E-state index contributed by atoms with van der Waals surface area (Å²) in [6, 6.07) is 7.56. The van der Waals surface area contributed by atoms with Crippen molar-refractivity contribution >= 4 is 10.8 Å². The van der Waals surface area contributed by atoms with E-state index in [2.05, 4.69) is 32.1 Å². The molecule has 0 fully saturated rings. The highest BCUT2D eigenvalue weighted by molar-refractivity contribution is 5.95. The summed E-state index contributed by atoms with van der Waals surface area (Å²) in [6.45, 7) is 4.13. The van der Waals surface area contributed by atoms with E-state index in [-0.39, 0.29) is 11.4 Å². The predicted octanol–water partition coefficient (Wildman–Crippen LogP) is 3.58. The molecule has 0 amide bonds. The van der Waals surface area contributed by atoms with Gasteiger partial charge in [-0.15, -0.1) is 0 Å². The van der Waals surface area contributed by atoms with Gasteiger partial charge in [0.05, 0.1) is 7.11 Å². The molecule has 0 aliphatic carbocycles. The van der Waals surface area contributed by atoms with Crippen molar-refractivity contribution in [2.24, 2.45) is 0 Å². The Kier molecular flexibility index (Phi) is 1.98. The summed E-state index contributed by atoms with van der Waals surface area (Å²) < 4.78 is 11.6. The van der Waals surface area contributed by atoms with Crippen LogP contribution in [-0.2, 0) is 15.9 Å². The van der Waals surface area contributed by atoms with E-state index in [1.54, 1.807) is 19.2 Å². The molecule has 0 aromatic heterocycles. The monoisotopic (exact) mass is 268 g/mol. The van der Waals surface area contributed by atoms with Crippen molar-refractivity contribution in [3.8, 4) is 11.5 Å². The first-order valence-corrected chi connectivity index (χ1v) is 6.72. The van der Waals surface area contributed by atoms with Gasteiger partial charge in [0.1, 0.15) is 22.7 Å². The fraction of sp³-hybridized carbons (Fsp3) is 0.294. The van der Waals surface area contributed by atoms with Crippen molar-refractivity contribution in [3.05, 3.63) is 47.5 Å². The lowest BCUT2D eigenvalue weighted by atomic mass is 9.82. The van der Waals surface area contributed by atoms with Gasteiger partial charge in [-0.2, -0.15) is 0 Å². The molecule has 20 heavy (non-hydrogen) atoms. The Bertz CT molecular complexity index is 777. The molecule has 2 aromatic rings. The van der Waals surface area contributed by atoms with Crippen molar-refractivity contribution < 1.29 is 14.6 Å². The first kappa shape index (κ1) is 11.8. The van der Waals surface area contributed by atoms with Crippen LogP contribution in [0.4, 0.5) is 0 Å². The second-order valence-corrected chi connectivity index (χ2v) is 5.88. The quantitative estimate of drug-likeness (QED) is 0.803. The van der Waals surface area contributed by atoms with Crippen LogP contribution in [0.2, 0.25) is 0 Å². The summed E-state index contributed by atoms with van der Waals surface area (Å²) in [5.41, 5.74) is 1.50. The van der Waals surface area contributed by atoms with E-state index >= 15 is 0 Å². The van der Waals surface area contributed by atoms with Crippen LogP contribution in [0.3, 0.4) is 0 Å². The van der Waals surface area contributed by atoms with Gasteiger partial charge in [-0.25, -0.2) is 0 Å². The molecule has 0 spiro atoms. The third-order valence-electron chi connectivity index (χ3n) is 4.52. The maximum absolute atomic E-state index is 10.1. The molecule has 3 heteroatoms. The fourth-order valence-corrected chi connectivity index (χ4v) is 3.47. The number of ether oxygens (including phenoxy) is 2. The maximum Gasteiger partial charge on any atom is 0.126 e. The highest BCUT2D eigenvalue weighted by Crippen LogP contribution is 2.55. The van der Waals surface area contributed by atoms with Gasteiger partial charge in [-0.3, -0.25) is 0 Å². The summed E-state index contributed by atoms with van der Waals surface area (Å²) >= 11 is 0. The molecule has 2 aliphatic heterocycles. The molecule has 0 saturated heterocycles. The molecule has 0 radical (unpaired) electrons. The summed E-state index contributed by atoms with van der Waals surface area (Å²) in [5.74, 6) is 1.03. The molecule has 3 nitrogen and oxygen atoms in total. The van der Waals surface area contributed by atoms with Crippen LogP contribution in [0.15, 0.2) is 36.4 Å². The Hall–Kier alpha value is -2.00. The zero-order valence-corrected chi connectivity index (χ0v) is 11.7. The number of phenolic OH excluding ortho intramolecular Hbond substituents is 1. The molecule has 2 aromatic carbocycles. The molecule has 4 rings (SSSR count). The van der Waals surface area contributed by atoms with Crippen molar-refractivity contribution in [3.63, 3.8) is 0 Å². The van der Waals surface area contributed by atoms with Gasteiger partial charge in [0.15, 0.2) is 0 Å². The zero-order valence-electron chi connectivity index (χ0n) is 11.7. The minimum atomic E-state index is -0.395. The topological polar surface area (TPSA) is 38.7 Å². The molecule has 2 unspecified atom stereocenters. The summed E-state index contributed by atoms with van der Waals surface area (Å²) in [6.07, 6.45) is 4.20. The number of phenols is 1. The van der Waals surface area contributed by atoms with E-state index in [1.807, 2.05) is 6.07 Å². The minimum Gasteiger partial charge on any atom is -0.507 e. The number of aromatic hydroxyl groups is 1. The average Bonchev–Trinajstić information content (AvgIpc) is 2.86. The second kappa shape index (κ2) is 3.36. The van der Waals surface area contributed by atoms with E-state index in [1.165, 1.54) is 0 Å². The SMILES string of the molecule is COc1ccc(O)c2cc3c(cc12)C1(C)C=CC3(C)O1. The van der Waals surface area contributed by atoms with Gasteiger partial charge >= 0.3 is 0 Å². The van der Waals surface area contributed by atoms with Gasteiger partial charge in [-0.1, -0.05) is 0 Å². The Morgan fingerprint density at radius 3 is 2.20 bits per heavy atom. The van der Waals surface area contributed by atoms with E-state index in [4.69, 9.17) is 9.47 Å². The van der Waals surface area contributed by atoms with Crippen LogP contribution in [0, 0.1) is 0 Å². The Morgan fingerprint density at radius 1 is 1.00 bits per heavy atom. The first-order valence-electron chi connectivity index (χ1n) is 6.72. The van der Waals surface area contributed by atoms with Gasteiger partial charge in [0, 0.05) is 10.8 Å². The number of fused-ring (bicyclic) bond motifs is 6. The lowest BCUT2D eigenvalue weighted by Gasteiger charge is -2.19. The maximum atomic E-state index is 10.1. The van der Waals surface area contributed by atoms with E-state index in [0.29, 0.717) is 0 Å². The van der Waals surface area contributed by atoms with E-state index in [0.717, 1.165) is 27.6 Å². The summed E-state index contributed by atoms with van der Waals surface area (Å²) in [5, 5.41) is 11.8. The number of hydrogen-bond acceptors (Lipinski definition) is 3. The van der Waals surface area contributed by atoms with Gasteiger partial charge in [-0.05, 0) is 61.4 Å². The van der Waals surface area contributed by atoms with Crippen molar-refractivity contribution in [2.45, 2.75) is 25.0 Å². The lowest BCUT2D eigenvalue weighted by Crippen LogP contribution is -2.17. The smallest absolute Gasteiger partial charge is 0.126 e. The largest absolute Gasteiger partial charge is 0.507 e. The normalized spacial score (nSPS) is 29.9. The van der Waals surface area contributed by atoms with Crippen LogP contribution in [0.5, 0.6) is 11.5 Å². The van der Waals surface area contributed by atoms with Gasteiger partial charge in [0.2, 0.25) is 0 Å². The van der Waals surface area contributed by atoms with E-state index < -0.39 is 5.60 Å². The average molecular weight is 268 g/mol. The molecule has 2 aliphatic rings. The summed E-state index contributed by atoms with van der Waals surface area (Å²) in [4.78, 5) is 0. The molecule has 2 bridgehead atoms. The highest BCUT2D eigenvalue weighted by atomic mass is 16.5. The van der Waals surface area contributed by atoms with Crippen molar-refractivity contribution in [2.75, 3.05) is 7.11 Å². The summed E-state index contributed by atoms with van der Waals surface area (Å²) in [7, 11) is 1.64. The molecule has 2 heterocycles. The first-order chi connectivity index (χ1) is 9.47. The molecule has 102 valence electrons. The van der Waals surface area contributed by atoms with Crippen molar-refractivity contribution in [1.82, 2.24) is 0 Å². The zero-order chi connectivity index (χ0) is 14.1. The van der Waals surface area contributed by atoms with Gasteiger partial charge < -0.3 is 14.6 Å². The van der Waals surface area contributed by atoms with Crippen LogP contribution < -0.4 is 4.74 Å². The minimum absolute atomic E-state index is 0.268. The second-order valence-electron chi connectivity index (χ2n) is 5.88. The number of hydrogen-bond donors (Lipinski definition) is 1. The number of rotatable bonds is 1. The number of benzene rings is 2. The molecule has 0 saturated carbocycles. The molecule has 1 N–H and O–H groups in total. The van der Waals surface area contributed by atoms with Gasteiger partial charge in [0.25, 0.3) is 0 Å². The fourth-order valence-electron chi connectivity index (χ4n) is 3.47. The molecule has 2 atom stereocenters. The van der Waals surface area contributed by atoms with Crippen LogP contribution >= 0.6 is 0 Å². The Balaban J connectivity index is 2.12. The highest BCUT2D eigenvalue weighted by Gasteiger charge is 2.50. The van der Waals surface area contributed by atoms with Crippen LogP contribution in [0.1, 0.15) is 25.0 Å². The lowest BCUT2D eigenvalue weighted by molar-refractivity contribution is -0.0494. The standard InChI is InChI=1S/C17H16O3/c1-16-6-7-17(2,20-16)13-9-11-10(8-12(13)16)14(18)4-5-15(11)19-3/h4-9,18H,1-3H3. The Morgan fingerprint density at radius 2 is 1.60 bits per heavy atom. The van der Waals surface area contributed by atoms with Crippen molar-refractivity contribution in [1.29, 1.82) is 0 Å². The molecular weight excluding hydrogens is 252 g/mol. The third-order valence-corrected chi connectivity index (χ3v) is 4.52.